The van der Waals surface area contributed by atoms with Crippen LogP contribution in [0.15, 0.2) is 42.0 Å². The van der Waals surface area contributed by atoms with Gasteiger partial charge in [-0.05, 0) is 31.6 Å². The van der Waals surface area contributed by atoms with Crippen molar-refractivity contribution in [2.24, 2.45) is 0 Å². The molecule has 1 aromatic rings. The summed E-state index contributed by atoms with van der Waals surface area (Å²) in [6.45, 7) is 8.48. The SMILES string of the molecule is CCN(CC)C(C(=O)NCC1=CCNCC1)c1ccccc1. The lowest BCUT2D eigenvalue weighted by molar-refractivity contribution is -0.126. The third-order valence-electron chi connectivity index (χ3n) is 4.19. The molecule has 0 spiro atoms. The molecule has 120 valence electrons. The highest BCUT2D eigenvalue weighted by Gasteiger charge is 2.25. The van der Waals surface area contributed by atoms with Crippen molar-refractivity contribution in [3.05, 3.63) is 47.5 Å². The molecular formula is C18H27N3O. The van der Waals surface area contributed by atoms with Gasteiger partial charge in [0.2, 0.25) is 5.91 Å². The van der Waals surface area contributed by atoms with Crippen LogP contribution in [0.3, 0.4) is 0 Å². The summed E-state index contributed by atoms with van der Waals surface area (Å²) in [6, 6.07) is 9.83. The number of carbonyl (C=O) groups is 1. The lowest BCUT2D eigenvalue weighted by Crippen LogP contribution is -2.41. The first-order chi connectivity index (χ1) is 10.8. The maximum Gasteiger partial charge on any atom is 0.242 e. The van der Waals surface area contributed by atoms with Gasteiger partial charge in [0.05, 0.1) is 0 Å². The third-order valence-corrected chi connectivity index (χ3v) is 4.19. The maximum absolute atomic E-state index is 12.7. The molecule has 1 unspecified atom stereocenters. The van der Waals surface area contributed by atoms with Gasteiger partial charge in [0.25, 0.3) is 0 Å². The van der Waals surface area contributed by atoms with E-state index in [1.54, 1.807) is 0 Å². The van der Waals surface area contributed by atoms with Crippen LogP contribution in [-0.2, 0) is 4.79 Å². The van der Waals surface area contributed by atoms with E-state index < -0.39 is 0 Å². The molecule has 1 heterocycles. The fourth-order valence-electron chi connectivity index (χ4n) is 2.88. The number of likely N-dealkylation sites (N-methyl/N-ethyl adjacent to an activating group) is 1. The molecule has 1 aliphatic rings. The second-order valence-electron chi connectivity index (χ2n) is 5.57. The maximum atomic E-state index is 12.7. The molecule has 0 saturated heterocycles. The fourth-order valence-corrected chi connectivity index (χ4v) is 2.88. The minimum atomic E-state index is -0.210. The van der Waals surface area contributed by atoms with E-state index in [9.17, 15) is 4.79 Å². The molecule has 4 heteroatoms. The normalized spacial score (nSPS) is 16.2. The molecule has 2 rings (SSSR count). The summed E-state index contributed by atoms with van der Waals surface area (Å²) >= 11 is 0. The van der Waals surface area contributed by atoms with Crippen molar-refractivity contribution in [3.8, 4) is 0 Å². The summed E-state index contributed by atoms with van der Waals surface area (Å²) < 4.78 is 0. The summed E-state index contributed by atoms with van der Waals surface area (Å²) in [5.74, 6) is 0.0920. The van der Waals surface area contributed by atoms with Gasteiger partial charge < -0.3 is 10.6 Å². The van der Waals surface area contributed by atoms with Crippen LogP contribution in [0, 0.1) is 0 Å². The Labute approximate surface area is 133 Å². The van der Waals surface area contributed by atoms with Crippen molar-refractivity contribution < 1.29 is 4.79 Å². The van der Waals surface area contributed by atoms with Crippen LogP contribution in [0.4, 0.5) is 0 Å². The Morgan fingerprint density at radius 3 is 2.59 bits per heavy atom. The zero-order chi connectivity index (χ0) is 15.8. The van der Waals surface area contributed by atoms with Crippen LogP contribution in [0.1, 0.15) is 31.9 Å². The van der Waals surface area contributed by atoms with Gasteiger partial charge in [0.15, 0.2) is 0 Å². The van der Waals surface area contributed by atoms with Gasteiger partial charge in [0, 0.05) is 13.1 Å². The second kappa shape index (κ2) is 8.71. The number of carbonyl (C=O) groups excluding carboxylic acids is 1. The average molecular weight is 301 g/mol. The second-order valence-corrected chi connectivity index (χ2v) is 5.57. The first-order valence-electron chi connectivity index (χ1n) is 8.21. The number of rotatable bonds is 7. The Morgan fingerprint density at radius 1 is 1.27 bits per heavy atom. The Hall–Kier alpha value is -1.65. The van der Waals surface area contributed by atoms with E-state index in [0.717, 1.165) is 38.2 Å². The first-order valence-corrected chi connectivity index (χ1v) is 8.21. The van der Waals surface area contributed by atoms with Crippen LogP contribution in [0.25, 0.3) is 0 Å². The quantitative estimate of drug-likeness (QED) is 0.758. The molecule has 0 radical (unpaired) electrons. The molecule has 1 amide bonds. The molecule has 4 nitrogen and oxygen atoms in total. The van der Waals surface area contributed by atoms with Crippen molar-refractivity contribution in [3.63, 3.8) is 0 Å². The smallest absolute Gasteiger partial charge is 0.242 e. The number of nitrogens with zero attached hydrogens (tertiary/aromatic N) is 1. The van der Waals surface area contributed by atoms with E-state index in [4.69, 9.17) is 0 Å². The van der Waals surface area contributed by atoms with E-state index in [-0.39, 0.29) is 11.9 Å². The van der Waals surface area contributed by atoms with Crippen molar-refractivity contribution in [2.75, 3.05) is 32.7 Å². The van der Waals surface area contributed by atoms with Crippen molar-refractivity contribution in [1.82, 2.24) is 15.5 Å². The minimum absolute atomic E-state index is 0.0920. The van der Waals surface area contributed by atoms with Crippen molar-refractivity contribution in [2.45, 2.75) is 26.3 Å². The number of nitrogens with one attached hydrogen (secondary N) is 2. The highest BCUT2D eigenvalue weighted by atomic mass is 16.2. The summed E-state index contributed by atoms with van der Waals surface area (Å²) in [6.07, 6.45) is 3.19. The molecule has 1 aromatic carbocycles. The van der Waals surface area contributed by atoms with Gasteiger partial charge in [-0.2, -0.15) is 0 Å². The van der Waals surface area contributed by atoms with Gasteiger partial charge in [-0.15, -0.1) is 0 Å². The molecule has 1 aliphatic heterocycles. The predicted molar refractivity (Wildman–Crippen MR) is 90.7 cm³/mol. The highest BCUT2D eigenvalue weighted by Crippen LogP contribution is 2.20. The molecular weight excluding hydrogens is 274 g/mol. The lowest BCUT2D eigenvalue weighted by Gasteiger charge is -2.29. The number of hydrogen-bond donors (Lipinski definition) is 2. The predicted octanol–water partition coefficient (Wildman–Crippen LogP) is 2.11. The molecule has 0 aliphatic carbocycles. The summed E-state index contributed by atoms with van der Waals surface area (Å²) in [4.78, 5) is 14.9. The van der Waals surface area contributed by atoms with Crippen LogP contribution >= 0.6 is 0 Å². The van der Waals surface area contributed by atoms with E-state index in [0.29, 0.717) is 6.54 Å². The van der Waals surface area contributed by atoms with Gasteiger partial charge in [-0.3, -0.25) is 9.69 Å². The zero-order valence-electron chi connectivity index (χ0n) is 13.6. The topological polar surface area (TPSA) is 44.4 Å². The molecule has 22 heavy (non-hydrogen) atoms. The van der Waals surface area contributed by atoms with Gasteiger partial charge in [-0.1, -0.05) is 55.8 Å². The average Bonchev–Trinajstić information content (AvgIpc) is 2.59. The largest absolute Gasteiger partial charge is 0.351 e. The van der Waals surface area contributed by atoms with Gasteiger partial charge in [0.1, 0.15) is 6.04 Å². The Kier molecular flexibility index (Phi) is 6.62. The minimum Gasteiger partial charge on any atom is -0.351 e. The fraction of sp³-hybridized carbons (Fsp3) is 0.500. The number of benzene rings is 1. The number of amides is 1. The molecule has 0 aromatic heterocycles. The standard InChI is InChI=1S/C18H27N3O/c1-3-21(4-2)17(16-8-6-5-7-9-16)18(22)20-14-15-10-12-19-13-11-15/h5-10,17,19H,3-4,11-14H2,1-2H3,(H,20,22). The first kappa shape index (κ1) is 16.7. The van der Waals surface area contributed by atoms with Crippen molar-refractivity contribution in [1.29, 1.82) is 0 Å². The number of hydrogen-bond acceptors (Lipinski definition) is 3. The molecule has 0 saturated carbocycles. The molecule has 2 N–H and O–H groups in total. The van der Waals surface area contributed by atoms with E-state index in [2.05, 4.69) is 35.5 Å². The lowest BCUT2D eigenvalue weighted by atomic mass is 10.0. The Balaban J connectivity index is 2.07. The zero-order valence-corrected chi connectivity index (χ0v) is 13.6. The van der Waals surface area contributed by atoms with Crippen LogP contribution in [0.2, 0.25) is 0 Å². The molecule has 0 bridgehead atoms. The highest BCUT2D eigenvalue weighted by molar-refractivity contribution is 5.83. The summed E-state index contributed by atoms with van der Waals surface area (Å²) in [5, 5.41) is 6.41. The van der Waals surface area contributed by atoms with E-state index in [1.807, 2.05) is 30.3 Å². The monoisotopic (exact) mass is 301 g/mol. The molecule has 1 atom stereocenters. The Morgan fingerprint density at radius 2 is 2.00 bits per heavy atom. The van der Waals surface area contributed by atoms with Crippen LogP contribution in [-0.4, -0.2) is 43.5 Å². The van der Waals surface area contributed by atoms with E-state index >= 15 is 0 Å². The van der Waals surface area contributed by atoms with Gasteiger partial charge in [-0.25, -0.2) is 0 Å². The third kappa shape index (κ3) is 4.42. The Bertz CT molecular complexity index is 494. The molecule has 0 fully saturated rings. The van der Waals surface area contributed by atoms with Crippen LogP contribution in [0.5, 0.6) is 0 Å². The van der Waals surface area contributed by atoms with Gasteiger partial charge >= 0.3 is 0 Å². The summed E-state index contributed by atoms with van der Waals surface area (Å²) in [5.41, 5.74) is 2.38. The van der Waals surface area contributed by atoms with Crippen molar-refractivity contribution >= 4 is 5.91 Å². The van der Waals surface area contributed by atoms with E-state index in [1.165, 1.54) is 5.57 Å². The summed E-state index contributed by atoms with van der Waals surface area (Å²) in [7, 11) is 0. The van der Waals surface area contributed by atoms with Crippen LogP contribution < -0.4 is 10.6 Å².